The monoisotopic (exact) mass is 318 g/mol. The van der Waals surface area contributed by atoms with Crippen LogP contribution in [0.2, 0.25) is 0 Å². The quantitative estimate of drug-likeness (QED) is 0.886. The van der Waals surface area contributed by atoms with Crippen LogP contribution in [-0.2, 0) is 16.6 Å². The summed E-state index contributed by atoms with van der Waals surface area (Å²) in [6, 6.07) is 7.88. The minimum absolute atomic E-state index is 0.0179. The van der Waals surface area contributed by atoms with Crippen molar-refractivity contribution in [3.63, 3.8) is 0 Å². The number of aromatic nitrogens is 2. The molecule has 0 aliphatic rings. The van der Waals surface area contributed by atoms with Gasteiger partial charge in [0.2, 0.25) is 11.0 Å². The Balaban J connectivity index is 1.83. The van der Waals surface area contributed by atoms with Gasteiger partial charge in [0.05, 0.1) is 0 Å². The maximum absolute atomic E-state index is 11.0. The van der Waals surface area contributed by atoms with Crippen molar-refractivity contribution in [2.75, 3.05) is 17.2 Å². The van der Waals surface area contributed by atoms with Gasteiger partial charge in [-0.3, -0.25) is 4.79 Å². The number of hydrogen-bond acceptors (Lipinski definition) is 5. The highest BCUT2D eigenvalue weighted by Gasteiger charge is 2.19. The first-order valence-corrected chi connectivity index (χ1v) is 8.06. The summed E-state index contributed by atoms with van der Waals surface area (Å²) < 4.78 is 4.38. The maximum atomic E-state index is 11.0. The number of nitrogens with one attached hydrogen (secondary N) is 2. The summed E-state index contributed by atoms with van der Waals surface area (Å²) in [5.74, 6) is 0.819. The van der Waals surface area contributed by atoms with Gasteiger partial charge in [-0.15, -0.1) is 0 Å². The van der Waals surface area contributed by atoms with Crippen LogP contribution in [0.25, 0.3) is 0 Å². The fourth-order valence-electron chi connectivity index (χ4n) is 1.87. The summed E-state index contributed by atoms with van der Waals surface area (Å²) in [6.07, 6.45) is 0.894. The summed E-state index contributed by atoms with van der Waals surface area (Å²) in [5, 5.41) is 6.93. The molecule has 1 aromatic carbocycles. The Morgan fingerprint density at radius 3 is 2.45 bits per heavy atom. The van der Waals surface area contributed by atoms with Crippen LogP contribution >= 0.6 is 11.5 Å². The van der Waals surface area contributed by atoms with Gasteiger partial charge >= 0.3 is 0 Å². The van der Waals surface area contributed by atoms with Gasteiger partial charge < -0.3 is 10.6 Å². The molecule has 0 saturated heterocycles. The largest absolute Gasteiger partial charge is 0.360 e. The van der Waals surface area contributed by atoms with Crippen LogP contribution in [0.15, 0.2) is 24.3 Å². The van der Waals surface area contributed by atoms with E-state index in [1.807, 2.05) is 24.3 Å². The Morgan fingerprint density at radius 2 is 1.91 bits per heavy atom. The van der Waals surface area contributed by atoms with E-state index in [9.17, 15) is 4.79 Å². The molecule has 2 N–H and O–H groups in total. The van der Waals surface area contributed by atoms with E-state index in [2.05, 4.69) is 40.8 Å². The molecule has 118 valence electrons. The fourth-order valence-corrected chi connectivity index (χ4v) is 2.65. The van der Waals surface area contributed by atoms with Gasteiger partial charge in [-0.25, -0.2) is 4.98 Å². The summed E-state index contributed by atoms with van der Waals surface area (Å²) >= 11 is 1.40. The molecule has 1 heterocycles. The zero-order chi connectivity index (χ0) is 16.2. The normalized spacial score (nSPS) is 11.3. The molecule has 6 heteroatoms. The smallest absolute Gasteiger partial charge is 0.221 e. The van der Waals surface area contributed by atoms with Gasteiger partial charge in [0, 0.05) is 36.1 Å². The van der Waals surface area contributed by atoms with E-state index in [4.69, 9.17) is 0 Å². The van der Waals surface area contributed by atoms with Crippen molar-refractivity contribution in [1.29, 1.82) is 0 Å². The van der Waals surface area contributed by atoms with E-state index in [-0.39, 0.29) is 11.3 Å². The molecular formula is C16H22N4OS. The summed E-state index contributed by atoms with van der Waals surface area (Å²) in [7, 11) is 0. The number of hydrogen-bond donors (Lipinski definition) is 2. The highest BCUT2D eigenvalue weighted by atomic mass is 32.1. The molecule has 2 aromatic rings. The van der Waals surface area contributed by atoms with Crippen LogP contribution in [-0.4, -0.2) is 21.8 Å². The number of anilines is 2. The molecule has 2 rings (SSSR count). The molecule has 22 heavy (non-hydrogen) atoms. The number of rotatable bonds is 5. The minimum atomic E-state index is -0.0552. The molecule has 0 unspecified atom stereocenters. The number of carbonyl (C=O) groups excluding carboxylic acids is 1. The van der Waals surface area contributed by atoms with Crippen molar-refractivity contribution in [2.45, 2.75) is 39.5 Å². The Hall–Kier alpha value is -1.95. The second-order valence-corrected chi connectivity index (χ2v) is 6.98. The van der Waals surface area contributed by atoms with Gasteiger partial charge in [0.1, 0.15) is 5.82 Å². The maximum Gasteiger partial charge on any atom is 0.221 e. The van der Waals surface area contributed by atoms with Crippen molar-refractivity contribution in [1.82, 2.24) is 9.36 Å². The van der Waals surface area contributed by atoms with E-state index in [1.54, 1.807) is 0 Å². The Kier molecular flexibility index (Phi) is 5.13. The fraction of sp³-hybridized carbons (Fsp3) is 0.438. The van der Waals surface area contributed by atoms with Crippen molar-refractivity contribution in [3.05, 3.63) is 35.7 Å². The van der Waals surface area contributed by atoms with Crippen LogP contribution in [0.5, 0.6) is 0 Å². The van der Waals surface area contributed by atoms with Gasteiger partial charge in [0.25, 0.3) is 0 Å². The second kappa shape index (κ2) is 6.87. The highest BCUT2D eigenvalue weighted by molar-refractivity contribution is 7.09. The number of amides is 1. The van der Waals surface area contributed by atoms with Crippen molar-refractivity contribution >= 4 is 28.3 Å². The third-order valence-corrected chi connectivity index (χ3v) is 3.73. The van der Waals surface area contributed by atoms with E-state index in [0.717, 1.165) is 29.6 Å². The Bertz CT molecular complexity index is 628. The summed E-state index contributed by atoms with van der Waals surface area (Å²) in [4.78, 5) is 15.5. The molecular weight excluding hydrogens is 296 g/mol. The van der Waals surface area contributed by atoms with Crippen LogP contribution in [0.1, 0.15) is 39.1 Å². The SMILES string of the molecule is CC(=O)Nc1ccc(CCNc2nc(C(C)(C)C)ns2)cc1. The lowest BCUT2D eigenvalue weighted by Gasteiger charge is -2.12. The molecule has 0 bridgehead atoms. The molecule has 0 aliphatic carbocycles. The van der Waals surface area contributed by atoms with Gasteiger partial charge in [-0.2, -0.15) is 4.37 Å². The summed E-state index contributed by atoms with van der Waals surface area (Å²) in [6.45, 7) is 8.63. The number of benzene rings is 1. The van der Waals surface area contributed by atoms with E-state index in [0.29, 0.717) is 0 Å². The Labute approximate surface area is 135 Å². The first-order chi connectivity index (χ1) is 10.3. The molecule has 0 spiro atoms. The minimum Gasteiger partial charge on any atom is -0.360 e. The molecule has 1 amide bonds. The standard InChI is InChI=1S/C16H22N4OS/c1-11(21)18-13-7-5-12(6-8-13)9-10-17-15-19-14(20-22-15)16(2,3)4/h5-8H,9-10H2,1-4H3,(H,18,21)(H,17,19,20). The first kappa shape index (κ1) is 16.4. The molecule has 0 atom stereocenters. The van der Waals surface area contributed by atoms with E-state index in [1.165, 1.54) is 24.0 Å². The lowest BCUT2D eigenvalue weighted by Crippen LogP contribution is -2.13. The van der Waals surface area contributed by atoms with Gasteiger partial charge in [0.15, 0.2) is 0 Å². The predicted molar refractivity (Wildman–Crippen MR) is 91.5 cm³/mol. The molecule has 0 fully saturated rings. The Morgan fingerprint density at radius 1 is 1.23 bits per heavy atom. The lowest BCUT2D eigenvalue weighted by molar-refractivity contribution is -0.114. The molecule has 0 saturated carbocycles. The average molecular weight is 318 g/mol. The topological polar surface area (TPSA) is 66.9 Å². The lowest BCUT2D eigenvalue weighted by atomic mass is 9.96. The van der Waals surface area contributed by atoms with Crippen molar-refractivity contribution in [2.24, 2.45) is 0 Å². The third-order valence-electron chi connectivity index (χ3n) is 3.06. The first-order valence-electron chi connectivity index (χ1n) is 7.29. The zero-order valence-corrected chi connectivity index (χ0v) is 14.3. The molecule has 0 aliphatic heterocycles. The van der Waals surface area contributed by atoms with Crippen LogP contribution < -0.4 is 10.6 Å². The van der Waals surface area contributed by atoms with Crippen molar-refractivity contribution < 1.29 is 4.79 Å². The van der Waals surface area contributed by atoms with Crippen LogP contribution in [0, 0.1) is 0 Å². The zero-order valence-electron chi connectivity index (χ0n) is 13.4. The highest BCUT2D eigenvalue weighted by Crippen LogP contribution is 2.22. The van der Waals surface area contributed by atoms with Gasteiger partial charge in [-0.1, -0.05) is 32.9 Å². The van der Waals surface area contributed by atoms with E-state index >= 15 is 0 Å². The predicted octanol–water partition coefficient (Wildman–Crippen LogP) is 3.45. The molecule has 0 radical (unpaired) electrons. The molecule has 5 nitrogen and oxygen atoms in total. The average Bonchev–Trinajstić information content (AvgIpc) is 2.89. The number of nitrogens with zero attached hydrogens (tertiary/aromatic N) is 2. The summed E-state index contributed by atoms with van der Waals surface area (Å²) in [5.41, 5.74) is 2.01. The van der Waals surface area contributed by atoms with Crippen LogP contribution in [0.3, 0.4) is 0 Å². The van der Waals surface area contributed by atoms with Gasteiger partial charge in [-0.05, 0) is 24.1 Å². The second-order valence-electron chi connectivity index (χ2n) is 6.23. The van der Waals surface area contributed by atoms with Crippen LogP contribution in [0.4, 0.5) is 10.8 Å². The van der Waals surface area contributed by atoms with Crippen molar-refractivity contribution in [3.8, 4) is 0 Å². The number of carbonyl (C=O) groups is 1. The van der Waals surface area contributed by atoms with E-state index < -0.39 is 0 Å². The molecule has 1 aromatic heterocycles. The third kappa shape index (κ3) is 4.80.